The van der Waals surface area contributed by atoms with Crippen LogP contribution in [0.5, 0.6) is 5.75 Å². The zero-order chi connectivity index (χ0) is 11.1. The van der Waals surface area contributed by atoms with E-state index in [1.807, 2.05) is 19.1 Å². The third-order valence-electron chi connectivity index (χ3n) is 1.94. The number of para-hydroxylation sites is 1. The van der Waals surface area contributed by atoms with Gasteiger partial charge in [0.15, 0.2) is 0 Å². The smallest absolute Gasteiger partial charge is 0.142 e. The molecule has 0 aliphatic heterocycles. The predicted molar refractivity (Wildman–Crippen MR) is 60.3 cm³/mol. The van der Waals surface area contributed by atoms with Gasteiger partial charge < -0.3 is 10.1 Å². The van der Waals surface area contributed by atoms with E-state index >= 15 is 0 Å². The maximum atomic E-state index is 12.0. The molecule has 0 radical (unpaired) electrons. The maximum Gasteiger partial charge on any atom is 0.142 e. The lowest BCUT2D eigenvalue weighted by Gasteiger charge is -2.12. The molecular formula is C11H15ClFNO. The molecule has 0 fully saturated rings. The van der Waals surface area contributed by atoms with Gasteiger partial charge in [-0.05, 0) is 12.6 Å². The third-order valence-corrected chi connectivity index (χ3v) is 2.24. The number of ether oxygens (including phenoxy) is 1. The predicted octanol–water partition coefficient (Wildman–Crippen LogP) is 2.80. The van der Waals surface area contributed by atoms with Gasteiger partial charge in [0.1, 0.15) is 19.0 Å². The monoisotopic (exact) mass is 231 g/mol. The Morgan fingerprint density at radius 2 is 2.27 bits per heavy atom. The lowest BCUT2D eigenvalue weighted by molar-refractivity contribution is 0.271. The second kappa shape index (κ2) is 6.64. The van der Waals surface area contributed by atoms with Crippen LogP contribution in [0.3, 0.4) is 0 Å². The fourth-order valence-corrected chi connectivity index (χ4v) is 1.50. The summed E-state index contributed by atoms with van der Waals surface area (Å²) in [6, 6.07) is 5.52. The molecule has 15 heavy (non-hydrogen) atoms. The summed E-state index contributed by atoms with van der Waals surface area (Å²) in [7, 11) is 0. The molecule has 0 aromatic heterocycles. The van der Waals surface area contributed by atoms with E-state index in [-0.39, 0.29) is 6.61 Å². The van der Waals surface area contributed by atoms with Gasteiger partial charge in [-0.2, -0.15) is 0 Å². The largest absolute Gasteiger partial charge is 0.489 e. The number of hydrogen-bond acceptors (Lipinski definition) is 2. The van der Waals surface area contributed by atoms with E-state index in [0.29, 0.717) is 17.3 Å². The van der Waals surface area contributed by atoms with E-state index in [1.54, 1.807) is 6.07 Å². The second-order valence-electron chi connectivity index (χ2n) is 3.05. The molecule has 1 N–H and O–H groups in total. The van der Waals surface area contributed by atoms with Crippen LogP contribution in [0.15, 0.2) is 18.2 Å². The van der Waals surface area contributed by atoms with Crippen LogP contribution in [-0.2, 0) is 6.54 Å². The molecule has 1 aromatic rings. The highest BCUT2D eigenvalue weighted by atomic mass is 35.5. The molecule has 4 heteroatoms. The van der Waals surface area contributed by atoms with Gasteiger partial charge in [0.25, 0.3) is 0 Å². The minimum Gasteiger partial charge on any atom is -0.489 e. The summed E-state index contributed by atoms with van der Waals surface area (Å²) >= 11 is 5.97. The summed E-state index contributed by atoms with van der Waals surface area (Å²) in [5.41, 5.74) is 0.956. The molecule has 0 bridgehead atoms. The first-order valence-corrected chi connectivity index (χ1v) is 5.34. The van der Waals surface area contributed by atoms with Crippen molar-refractivity contribution in [2.75, 3.05) is 19.8 Å². The molecule has 1 rings (SSSR count). The van der Waals surface area contributed by atoms with Crippen molar-refractivity contribution < 1.29 is 9.13 Å². The van der Waals surface area contributed by atoms with Crippen molar-refractivity contribution in [1.29, 1.82) is 0 Å². The standard InChI is InChI=1S/C11H15ClFNO/c1-2-14-8-9-4-3-5-10(12)11(9)15-7-6-13/h3-5,14H,2,6-8H2,1H3. The number of nitrogens with one attached hydrogen (secondary N) is 1. The van der Waals surface area contributed by atoms with Crippen LogP contribution in [0.2, 0.25) is 5.02 Å². The zero-order valence-electron chi connectivity index (χ0n) is 8.72. The van der Waals surface area contributed by atoms with Gasteiger partial charge in [-0.3, -0.25) is 0 Å². The van der Waals surface area contributed by atoms with Crippen molar-refractivity contribution >= 4 is 11.6 Å². The lowest BCUT2D eigenvalue weighted by Crippen LogP contribution is -2.13. The van der Waals surface area contributed by atoms with E-state index in [0.717, 1.165) is 12.1 Å². The summed E-state index contributed by atoms with van der Waals surface area (Å²) in [6.45, 7) is 3.11. The molecule has 0 aliphatic rings. The summed E-state index contributed by atoms with van der Waals surface area (Å²) < 4.78 is 17.3. The minimum absolute atomic E-state index is 0.0445. The Balaban J connectivity index is 2.77. The highest BCUT2D eigenvalue weighted by Gasteiger charge is 2.07. The van der Waals surface area contributed by atoms with Crippen molar-refractivity contribution in [3.05, 3.63) is 28.8 Å². The molecule has 0 aliphatic carbocycles. The van der Waals surface area contributed by atoms with Crippen LogP contribution >= 0.6 is 11.6 Å². The Hall–Kier alpha value is -0.800. The van der Waals surface area contributed by atoms with Crippen molar-refractivity contribution in [1.82, 2.24) is 5.32 Å². The molecule has 1 aromatic carbocycles. The molecule has 0 spiro atoms. The number of hydrogen-bond donors (Lipinski definition) is 1. The normalized spacial score (nSPS) is 10.3. The molecule has 0 amide bonds. The van der Waals surface area contributed by atoms with E-state index in [2.05, 4.69) is 5.32 Å². The Bertz CT molecular complexity index is 307. The fraction of sp³-hybridized carbons (Fsp3) is 0.455. The zero-order valence-corrected chi connectivity index (χ0v) is 9.48. The Morgan fingerprint density at radius 1 is 1.47 bits per heavy atom. The van der Waals surface area contributed by atoms with Gasteiger partial charge in [-0.15, -0.1) is 0 Å². The van der Waals surface area contributed by atoms with Crippen LogP contribution in [0, 0.1) is 0 Å². The number of benzene rings is 1. The average molecular weight is 232 g/mol. The van der Waals surface area contributed by atoms with Crippen LogP contribution in [0.1, 0.15) is 12.5 Å². The van der Waals surface area contributed by atoms with Crippen LogP contribution in [-0.4, -0.2) is 19.8 Å². The maximum absolute atomic E-state index is 12.0. The number of halogens is 2. The first kappa shape index (κ1) is 12.3. The molecule has 0 atom stereocenters. The lowest BCUT2D eigenvalue weighted by atomic mass is 10.2. The van der Waals surface area contributed by atoms with Crippen molar-refractivity contribution in [2.45, 2.75) is 13.5 Å². The van der Waals surface area contributed by atoms with Gasteiger partial charge in [-0.1, -0.05) is 30.7 Å². The van der Waals surface area contributed by atoms with Gasteiger partial charge in [-0.25, -0.2) is 4.39 Å². The highest BCUT2D eigenvalue weighted by Crippen LogP contribution is 2.28. The molecular weight excluding hydrogens is 217 g/mol. The molecule has 2 nitrogen and oxygen atoms in total. The first-order valence-electron chi connectivity index (χ1n) is 4.96. The highest BCUT2D eigenvalue weighted by molar-refractivity contribution is 6.32. The van der Waals surface area contributed by atoms with Crippen molar-refractivity contribution in [2.24, 2.45) is 0 Å². The SMILES string of the molecule is CCNCc1cccc(Cl)c1OCCF. The summed E-state index contributed by atoms with van der Waals surface area (Å²) in [4.78, 5) is 0. The third kappa shape index (κ3) is 3.68. The Kier molecular flexibility index (Phi) is 5.43. The van der Waals surface area contributed by atoms with Crippen molar-refractivity contribution in [3.8, 4) is 5.75 Å². The van der Waals surface area contributed by atoms with Gasteiger partial charge in [0.05, 0.1) is 5.02 Å². The molecule has 0 unspecified atom stereocenters. The summed E-state index contributed by atoms with van der Waals surface area (Å²) in [5, 5.41) is 3.70. The van der Waals surface area contributed by atoms with E-state index in [9.17, 15) is 4.39 Å². The van der Waals surface area contributed by atoms with E-state index in [1.165, 1.54) is 0 Å². The molecule has 0 heterocycles. The van der Waals surface area contributed by atoms with E-state index in [4.69, 9.17) is 16.3 Å². The second-order valence-corrected chi connectivity index (χ2v) is 3.45. The first-order chi connectivity index (χ1) is 7.29. The fourth-order valence-electron chi connectivity index (χ4n) is 1.25. The molecule has 84 valence electrons. The topological polar surface area (TPSA) is 21.3 Å². The molecule has 0 saturated carbocycles. The minimum atomic E-state index is -0.508. The van der Waals surface area contributed by atoms with Crippen molar-refractivity contribution in [3.63, 3.8) is 0 Å². The van der Waals surface area contributed by atoms with Gasteiger partial charge >= 0.3 is 0 Å². The van der Waals surface area contributed by atoms with Gasteiger partial charge in [0.2, 0.25) is 0 Å². The summed E-state index contributed by atoms with van der Waals surface area (Å²) in [5.74, 6) is 0.581. The van der Waals surface area contributed by atoms with Gasteiger partial charge in [0, 0.05) is 12.1 Å². The summed E-state index contributed by atoms with van der Waals surface area (Å²) in [6.07, 6.45) is 0. The Morgan fingerprint density at radius 3 is 2.93 bits per heavy atom. The van der Waals surface area contributed by atoms with Crippen LogP contribution in [0.25, 0.3) is 0 Å². The van der Waals surface area contributed by atoms with E-state index < -0.39 is 6.67 Å². The number of alkyl halides is 1. The number of rotatable bonds is 6. The average Bonchev–Trinajstić information content (AvgIpc) is 2.25. The van der Waals surface area contributed by atoms with Crippen LogP contribution in [0.4, 0.5) is 4.39 Å². The Labute approximate surface area is 94.4 Å². The quantitative estimate of drug-likeness (QED) is 0.813. The van der Waals surface area contributed by atoms with Crippen LogP contribution < -0.4 is 10.1 Å². The molecule has 0 saturated heterocycles.